The summed E-state index contributed by atoms with van der Waals surface area (Å²) in [6.45, 7) is 2.86. The van der Waals surface area contributed by atoms with Crippen LogP contribution >= 0.6 is 0 Å². The zero-order valence-corrected chi connectivity index (χ0v) is 8.52. The fourth-order valence-corrected chi connectivity index (χ4v) is 3.94. The van der Waals surface area contributed by atoms with Gasteiger partial charge in [-0.05, 0) is 43.9 Å². The second-order valence-electron chi connectivity index (χ2n) is 5.20. The van der Waals surface area contributed by atoms with E-state index in [1.165, 1.54) is 19.3 Å². The van der Waals surface area contributed by atoms with Crippen LogP contribution in [0.4, 0.5) is 0 Å². The van der Waals surface area contributed by atoms with Gasteiger partial charge < -0.3 is 5.11 Å². The van der Waals surface area contributed by atoms with Gasteiger partial charge in [0.05, 0.1) is 0 Å². The van der Waals surface area contributed by atoms with E-state index in [1.54, 1.807) is 0 Å². The number of aliphatic carboxylic acids is 1. The molecule has 1 aliphatic heterocycles. The van der Waals surface area contributed by atoms with E-state index in [0.29, 0.717) is 6.04 Å². The number of carbonyl (C=O) groups is 1. The average molecular weight is 195 g/mol. The average Bonchev–Trinajstić information content (AvgIpc) is 2.59. The Morgan fingerprint density at radius 3 is 2.79 bits per heavy atom. The summed E-state index contributed by atoms with van der Waals surface area (Å²) < 4.78 is 0. The summed E-state index contributed by atoms with van der Waals surface area (Å²) in [6.07, 6.45) is 4.12. The van der Waals surface area contributed by atoms with Crippen molar-refractivity contribution in [2.45, 2.75) is 38.3 Å². The standard InChI is InChI=1S/C11H17NO2/c1-6(11(13)14)12-5-9-7-2-3-8(4-7)10(9)12/h6-10H,2-5H2,1H3,(H,13,14). The lowest BCUT2D eigenvalue weighted by Crippen LogP contribution is -2.63. The van der Waals surface area contributed by atoms with Crippen molar-refractivity contribution >= 4 is 5.97 Å². The summed E-state index contributed by atoms with van der Waals surface area (Å²) in [6, 6.07) is 0.357. The van der Waals surface area contributed by atoms with E-state index in [-0.39, 0.29) is 6.04 Å². The highest BCUT2D eigenvalue weighted by molar-refractivity contribution is 5.73. The molecule has 1 heterocycles. The Morgan fingerprint density at radius 2 is 2.14 bits per heavy atom. The van der Waals surface area contributed by atoms with Crippen LogP contribution < -0.4 is 0 Å². The first-order valence-corrected chi connectivity index (χ1v) is 5.67. The lowest BCUT2D eigenvalue weighted by molar-refractivity contribution is -0.150. The fraction of sp³-hybridized carbons (Fsp3) is 0.909. The molecular formula is C11H17NO2. The van der Waals surface area contributed by atoms with Crippen molar-refractivity contribution < 1.29 is 9.90 Å². The van der Waals surface area contributed by atoms with Gasteiger partial charge in [0, 0.05) is 12.6 Å². The summed E-state index contributed by atoms with van der Waals surface area (Å²) >= 11 is 0. The molecule has 0 aromatic heterocycles. The Kier molecular flexibility index (Phi) is 1.69. The summed E-state index contributed by atoms with van der Waals surface area (Å²) in [7, 11) is 0. The molecule has 78 valence electrons. The Hall–Kier alpha value is -0.570. The molecule has 2 aliphatic carbocycles. The molecule has 3 fully saturated rings. The van der Waals surface area contributed by atoms with Crippen molar-refractivity contribution in [3.8, 4) is 0 Å². The zero-order chi connectivity index (χ0) is 9.87. The molecule has 2 bridgehead atoms. The summed E-state index contributed by atoms with van der Waals surface area (Å²) in [5.41, 5.74) is 0. The second-order valence-corrected chi connectivity index (χ2v) is 5.20. The zero-order valence-electron chi connectivity index (χ0n) is 8.52. The molecule has 3 nitrogen and oxygen atoms in total. The summed E-state index contributed by atoms with van der Waals surface area (Å²) in [5, 5.41) is 8.97. The topological polar surface area (TPSA) is 40.5 Å². The number of carboxylic acid groups (broad SMARTS) is 1. The van der Waals surface area contributed by atoms with Crippen LogP contribution in [-0.4, -0.2) is 34.6 Å². The molecule has 1 saturated heterocycles. The van der Waals surface area contributed by atoms with Gasteiger partial charge in [-0.1, -0.05) is 0 Å². The molecule has 14 heavy (non-hydrogen) atoms. The van der Waals surface area contributed by atoms with Crippen molar-refractivity contribution in [2.75, 3.05) is 6.54 Å². The van der Waals surface area contributed by atoms with E-state index in [1.807, 2.05) is 6.92 Å². The van der Waals surface area contributed by atoms with Gasteiger partial charge >= 0.3 is 5.97 Å². The van der Waals surface area contributed by atoms with E-state index in [9.17, 15) is 4.79 Å². The number of rotatable bonds is 2. The molecule has 0 amide bonds. The number of hydrogen-bond acceptors (Lipinski definition) is 2. The highest BCUT2D eigenvalue weighted by Crippen LogP contribution is 2.55. The van der Waals surface area contributed by atoms with Gasteiger partial charge in [0.25, 0.3) is 0 Å². The SMILES string of the molecule is CC(C(=O)O)N1CC2C3CCC(C3)C21. The van der Waals surface area contributed by atoms with Crippen LogP contribution in [0.3, 0.4) is 0 Å². The number of hydrogen-bond donors (Lipinski definition) is 1. The summed E-state index contributed by atoms with van der Waals surface area (Å²) in [4.78, 5) is 13.1. The third-order valence-corrected chi connectivity index (χ3v) is 4.70. The number of fused-ring (bicyclic) bond motifs is 5. The van der Waals surface area contributed by atoms with Gasteiger partial charge in [0.1, 0.15) is 6.04 Å². The maximum atomic E-state index is 10.9. The van der Waals surface area contributed by atoms with E-state index in [0.717, 1.165) is 24.3 Å². The molecule has 3 aliphatic rings. The third-order valence-electron chi connectivity index (χ3n) is 4.70. The van der Waals surface area contributed by atoms with Crippen molar-refractivity contribution in [1.29, 1.82) is 0 Å². The van der Waals surface area contributed by atoms with Gasteiger partial charge in [0.2, 0.25) is 0 Å². The smallest absolute Gasteiger partial charge is 0.320 e. The number of carboxylic acids is 1. The largest absolute Gasteiger partial charge is 0.480 e. The lowest BCUT2D eigenvalue weighted by atomic mass is 9.76. The van der Waals surface area contributed by atoms with Crippen molar-refractivity contribution in [3.63, 3.8) is 0 Å². The molecule has 3 rings (SSSR count). The highest BCUT2D eigenvalue weighted by atomic mass is 16.4. The molecule has 0 aromatic rings. The maximum Gasteiger partial charge on any atom is 0.320 e. The minimum absolute atomic E-state index is 0.268. The number of nitrogens with zero attached hydrogens (tertiary/aromatic N) is 1. The second kappa shape index (κ2) is 2.72. The van der Waals surface area contributed by atoms with Crippen LogP contribution in [0.25, 0.3) is 0 Å². The van der Waals surface area contributed by atoms with Gasteiger partial charge in [-0.3, -0.25) is 9.69 Å². The molecule has 5 unspecified atom stereocenters. The normalized spacial score (nSPS) is 47.2. The van der Waals surface area contributed by atoms with Gasteiger partial charge in [0.15, 0.2) is 0 Å². The molecule has 0 aromatic carbocycles. The van der Waals surface area contributed by atoms with E-state index in [4.69, 9.17) is 5.11 Å². The van der Waals surface area contributed by atoms with Crippen molar-refractivity contribution in [2.24, 2.45) is 17.8 Å². The van der Waals surface area contributed by atoms with E-state index >= 15 is 0 Å². The van der Waals surface area contributed by atoms with Crippen LogP contribution in [0.1, 0.15) is 26.2 Å². The van der Waals surface area contributed by atoms with Crippen LogP contribution in [0.15, 0.2) is 0 Å². The summed E-state index contributed by atoms with van der Waals surface area (Å²) in [5.74, 6) is 1.93. The van der Waals surface area contributed by atoms with Crippen molar-refractivity contribution in [3.05, 3.63) is 0 Å². The first-order chi connectivity index (χ1) is 6.68. The minimum Gasteiger partial charge on any atom is -0.480 e. The quantitative estimate of drug-likeness (QED) is 0.719. The Labute approximate surface area is 84.1 Å². The molecule has 0 radical (unpaired) electrons. The predicted octanol–water partition coefficient (Wildman–Crippen LogP) is 1.19. The molecule has 1 N–H and O–H groups in total. The Bertz CT molecular complexity index is 276. The number of likely N-dealkylation sites (tertiary alicyclic amines) is 1. The molecule has 2 saturated carbocycles. The highest BCUT2D eigenvalue weighted by Gasteiger charge is 2.57. The Morgan fingerprint density at radius 1 is 1.43 bits per heavy atom. The first kappa shape index (κ1) is 8.72. The first-order valence-electron chi connectivity index (χ1n) is 5.67. The van der Waals surface area contributed by atoms with Gasteiger partial charge in [-0.25, -0.2) is 0 Å². The van der Waals surface area contributed by atoms with E-state index < -0.39 is 5.97 Å². The van der Waals surface area contributed by atoms with Crippen molar-refractivity contribution in [1.82, 2.24) is 4.90 Å². The van der Waals surface area contributed by atoms with Crippen LogP contribution in [0, 0.1) is 17.8 Å². The predicted molar refractivity (Wildman–Crippen MR) is 51.9 cm³/mol. The third kappa shape index (κ3) is 0.937. The fourth-order valence-electron chi connectivity index (χ4n) is 3.94. The minimum atomic E-state index is -0.661. The van der Waals surface area contributed by atoms with Gasteiger partial charge in [-0.15, -0.1) is 0 Å². The van der Waals surface area contributed by atoms with E-state index in [2.05, 4.69) is 4.90 Å². The molecule has 5 atom stereocenters. The lowest BCUT2D eigenvalue weighted by Gasteiger charge is -2.52. The van der Waals surface area contributed by atoms with Crippen LogP contribution in [0.5, 0.6) is 0 Å². The monoisotopic (exact) mass is 195 g/mol. The molecular weight excluding hydrogens is 178 g/mol. The maximum absolute atomic E-state index is 10.9. The van der Waals surface area contributed by atoms with Gasteiger partial charge in [-0.2, -0.15) is 0 Å². The van der Waals surface area contributed by atoms with Crippen LogP contribution in [-0.2, 0) is 4.79 Å². The molecule has 0 spiro atoms. The van der Waals surface area contributed by atoms with Crippen LogP contribution in [0.2, 0.25) is 0 Å². The Balaban J connectivity index is 1.73. The molecule has 3 heteroatoms.